The second kappa shape index (κ2) is 14.8. The summed E-state index contributed by atoms with van der Waals surface area (Å²) in [6, 6.07) is 71.0. The summed E-state index contributed by atoms with van der Waals surface area (Å²) in [6.07, 6.45) is 4.21. The first kappa shape index (κ1) is 36.0. The van der Waals surface area contributed by atoms with Crippen LogP contribution in [0.5, 0.6) is 0 Å². The Morgan fingerprint density at radius 1 is 0.458 bits per heavy atom. The van der Waals surface area contributed by atoms with Crippen LogP contribution in [-0.2, 0) is 5.41 Å². The second-order valence-corrected chi connectivity index (χ2v) is 15.9. The van der Waals surface area contributed by atoms with E-state index in [0.717, 1.165) is 38.9 Å². The highest BCUT2D eigenvalue weighted by Gasteiger charge is 2.37. The summed E-state index contributed by atoms with van der Waals surface area (Å²) in [7, 11) is 0. The van der Waals surface area contributed by atoms with Crippen LogP contribution in [0.4, 0.5) is 0 Å². The number of nitrogens with zero attached hydrogens (tertiary/aromatic N) is 1. The van der Waals surface area contributed by atoms with E-state index in [1.165, 1.54) is 60.7 Å². The molecule has 2 heteroatoms. The average Bonchev–Trinajstić information content (AvgIpc) is 3.53. The number of nitrogens with one attached hydrogen (secondary N) is 1. The molecule has 0 fully saturated rings. The molecule has 0 aliphatic heterocycles. The minimum Gasteiger partial charge on any atom is -0.282 e. The Morgan fingerprint density at radius 2 is 1.08 bits per heavy atom. The zero-order valence-electron chi connectivity index (χ0n) is 33.2. The molecule has 0 atom stereocenters. The monoisotopic (exact) mass is 754 g/mol. The lowest BCUT2D eigenvalue weighted by molar-refractivity contribution is 0.662. The second-order valence-electron chi connectivity index (χ2n) is 15.9. The van der Waals surface area contributed by atoms with Gasteiger partial charge < -0.3 is 0 Å². The van der Waals surface area contributed by atoms with Gasteiger partial charge in [0.2, 0.25) is 0 Å². The maximum Gasteiger partial charge on any atom is 0.152 e. The van der Waals surface area contributed by atoms with Gasteiger partial charge in [-0.2, -0.15) is 0 Å². The first-order valence-electron chi connectivity index (χ1n) is 20.3. The Morgan fingerprint density at radius 3 is 1.95 bits per heavy atom. The Hall–Kier alpha value is -7.42. The lowest BCUT2D eigenvalue weighted by Gasteiger charge is -2.24. The van der Waals surface area contributed by atoms with E-state index >= 15 is 0 Å². The fraction of sp³-hybridized carbons (Fsp3) is 0.0526. The van der Waals surface area contributed by atoms with E-state index in [1.54, 1.807) is 0 Å². The summed E-state index contributed by atoms with van der Waals surface area (Å²) in [4.78, 5) is 4.96. The lowest BCUT2D eigenvalue weighted by Crippen LogP contribution is -2.16. The number of fused-ring (bicyclic) bond motifs is 5. The molecule has 10 rings (SSSR count). The molecule has 0 saturated carbocycles. The molecule has 9 aromatic carbocycles. The van der Waals surface area contributed by atoms with Crippen LogP contribution < -0.4 is 0 Å². The molecule has 0 aromatic heterocycles. The van der Waals surface area contributed by atoms with Crippen LogP contribution in [0.15, 0.2) is 211 Å². The van der Waals surface area contributed by atoms with Gasteiger partial charge in [0.1, 0.15) is 0 Å². The predicted molar refractivity (Wildman–Crippen MR) is 251 cm³/mol. The van der Waals surface area contributed by atoms with Crippen molar-refractivity contribution in [1.82, 2.24) is 0 Å². The molecule has 0 heterocycles. The molecule has 0 amide bonds. The maximum atomic E-state index is 9.01. The molecule has 280 valence electrons. The molecule has 0 unspecified atom stereocenters. The third-order valence-electron chi connectivity index (χ3n) is 12.0. The van der Waals surface area contributed by atoms with Crippen molar-refractivity contribution in [3.63, 3.8) is 0 Å². The molecule has 59 heavy (non-hydrogen) atoms. The van der Waals surface area contributed by atoms with Crippen LogP contribution >= 0.6 is 0 Å². The van der Waals surface area contributed by atoms with E-state index in [1.807, 2.05) is 30.3 Å². The highest BCUT2D eigenvalue weighted by molar-refractivity contribution is 6.18. The van der Waals surface area contributed by atoms with Crippen LogP contribution in [0.1, 0.15) is 41.7 Å². The van der Waals surface area contributed by atoms with Crippen molar-refractivity contribution >= 4 is 39.2 Å². The third kappa shape index (κ3) is 6.59. The molecule has 0 radical (unpaired) electrons. The predicted octanol–water partition coefficient (Wildman–Crippen LogP) is 14.8. The van der Waals surface area contributed by atoms with Gasteiger partial charge in [-0.1, -0.05) is 202 Å². The van der Waals surface area contributed by atoms with Crippen molar-refractivity contribution in [1.29, 1.82) is 5.41 Å². The van der Waals surface area contributed by atoms with Crippen molar-refractivity contribution in [3.8, 4) is 44.5 Å². The molecule has 0 bridgehead atoms. The van der Waals surface area contributed by atoms with Gasteiger partial charge in [-0.15, -0.1) is 0 Å². The molecule has 1 N–H and O–H groups in total. The largest absolute Gasteiger partial charge is 0.282 e. The van der Waals surface area contributed by atoms with Gasteiger partial charge in [0.15, 0.2) is 5.84 Å². The van der Waals surface area contributed by atoms with Gasteiger partial charge in [0, 0.05) is 16.5 Å². The van der Waals surface area contributed by atoms with Crippen LogP contribution in [-0.4, -0.2) is 11.5 Å². The first-order valence-corrected chi connectivity index (χ1v) is 20.3. The zero-order chi connectivity index (χ0) is 39.9. The summed E-state index contributed by atoms with van der Waals surface area (Å²) in [5, 5.41) is 13.8. The number of benzene rings is 9. The normalized spacial score (nSPS) is 13.2. The lowest BCUT2D eigenvalue weighted by atomic mass is 9.78. The van der Waals surface area contributed by atoms with Crippen molar-refractivity contribution in [2.75, 3.05) is 0 Å². The number of hydrogen-bond acceptors (Lipinski definition) is 1. The Labute approximate surface area is 346 Å². The van der Waals surface area contributed by atoms with Crippen molar-refractivity contribution in [2.24, 2.45) is 4.99 Å². The summed E-state index contributed by atoms with van der Waals surface area (Å²) in [5.41, 5.74) is 16.0. The summed E-state index contributed by atoms with van der Waals surface area (Å²) in [6.45, 7) is 4.71. The highest BCUT2D eigenvalue weighted by Crippen LogP contribution is 2.52. The number of hydrogen-bond donors (Lipinski definition) is 1. The standard InChI is InChI=1S/C57H42N2/c1-57(2)53-28-11-10-25-51(53)52-27-14-26-49(55(52)57)45-21-13-20-44(37-45)48-33-31-39(47-23-8-9-24-50(47)48)32-34-54(59-56(58)40-16-4-3-5-17-40)46-22-12-19-42(36-46)43-30-29-38-15-6-7-18-41(38)35-43/h3-37,58H,1-2H3/b34-32+,58-56?,59-54?. The molecule has 1 aliphatic rings. The van der Waals surface area contributed by atoms with Crippen LogP contribution in [0.25, 0.3) is 72.1 Å². The molecule has 1 aliphatic carbocycles. The molecule has 0 saturated heterocycles. The van der Waals surface area contributed by atoms with E-state index in [2.05, 4.69) is 196 Å². The van der Waals surface area contributed by atoms with Crippen molar-refractivity contribution in [3.05, 3.63) is 234 Å². The summed E-state index contributed by atoms with van der Waals surface area (Å²) >= 11 is 0. The highest BCUT2D eigenvalue weighted by atomic mass is 14.8. The number of aliphatic imine (C=N–C) groups is 1. The maximum absolute atomic E-state index is 9.01. The van der Waals surface area contributed by atoms with Crippen LogP contribution in [0, 0.1) is 5.41 Å². The van der Waals surface area contributed by atoms with E-state index in [9.17, 15) is 0 Å². The Bertz CT molecular complexity index is 3150. The molecule has 2 nitrogen and oxygen atoms in total. The van der Waals surface area contributed by atoms with E-state index in [4.69, 9.17) is 10.4 Å². The van der Waals surface area contributed by atoms with E-state index < -0.39 is 0 Å². The number of allylic oxidation sites excluding steroid dienone is 1. The number of amidine groups is 1. The van der Waals surface area contributed by atoms with Gasteiger partial charge in [0.25, 0.3) is 0 Å². The minimum atomic E-state index is -0.0985. The zero-order valence-corrected chi connectivity index (χ0v) is 33.2. The summed E-state index contributed by atoms with van der Waals surface area (Å²) < 4.78 is 0. The van der Waals surface area contributed by atoms with Gasteiger partial charge in [0.05, 0.1) is 5.71 Å². The SMILES string of the molecule is CC1(C)c2ccccc2-c2cccc(-c3cccc(-c4ccc(/C=C/C(=NC(=N)c5ccccc5)c5cccc(-c6ccc7ccccc7c6)c5)c5ccccc45)c3)c21. The van der Waals surface area contributed by atoms with Crippen molar-refractivity contribution in [2.45, 2.75) is 19.3 Å². The van der Waals surface area contributed by atoms with Crippen LogP contribution in [0.2, 0.25) is 0 Å². The summed E-state index contributed by atoms with van der Waals surface area (Å²) in [5.74, 6) is 0.220. The molecule has 9 aromatic rings. The van der Waals surface area contributed by atoms with Gasteiger partial charge in [-0.25, -0.2) is 4.99 Å². The smallest absolute Gasteiger partial charge is 0.152 e. The van der Waals surface area contributed by atoms with Crippen molar-refractivity contribution < 1.29 is 0 Å². The fourth-order valence-corrected chi connectivity index (χ4v) is 9.04. The minimum absolute atomic E-state index is 0.0985. The fourth-order valence-electron chi connectivity index (χ4n) is 9.04. The van der Waals surface area contributed by atoms with Gasteiger partial charge >= 0.3 is 0 Å². The molecular weight excluding hydrogens is 713 g/mol. The third-order valence-corrected chi connectivity index (χ3v) is 12.0. The topological polar surface area (TPSA) is 36.2 Å². The van der Waals surface area contributed by atoms with Gasteiger partial charge in [-0.05, 0) is 107 Å². The quantitative estimate of drug-likeness (QED) is 0.124. The molecule has 0 spiro atoms. The Kier molecular flexibility index (Phi) is 9.03. The van der Waals surface area contributed by atoms with Crippen LogP contribution in [0.3, 0.4) is 0 Å². The first-order chi connectivity index (χ1) is 28.9. The van der Waals surface area contributed by atoms with E-state index in [0.29, 0.717) is 0 Å². The molecular formula is C57H42N2. The average molecular weight is 755 g/mol. The van der Waals surface area contributed by atoms with Gasteiger partial charge in [-0.3, -0.25) is 5.41 Å². The van der Waals surface area contributed by atoms with E-state index in [-0.39, 0.29) is 11.3 Å². The Balaban J connectivity index is 1.03. The number of rotatable bonds is 7.